The van der Waals surface area contributed by atoms with E-state index in [4.69, 9.17) is 5.11 Å². The van der Waals surface area contributed by atoms with E-state index in [2.05, 4.69) is 48.3 Å². The number of hydrogen-bond donors (Lipinski definition) is 2. The first-order chi connectivity index (χ1) is 17.1. The number of benzene rings is 2. The second-order valence-electron chi connectivity index (χ2n) is 8.09. The first-order valence-corrected chi connectivity index (χ1v) is 11.5. The predicted octanol–water partition coefficient (Wildman–Crippen LogP) is 4.03. The first kappa shape index (κ1) is 28.1. The van der Waals surface area contributed by atoms with E-state index < -0.39 is 37.6 Å². The van der Waals surface area contributed by atoms with Crippen LogP contribution in [-0.4, -0.2) is 50.3 Å². The zero-order valence-electron chi connectivity index (χ0n) is 20.1. The van der Waals surface area contributed by atoms with Crippen molar-refractivity contribution in [2.45, 2.75) is 45.6 Å². The molecule has 3 rings (SSSR count). The number of hydrogen-bond acceptors (Lipinski definition) is 9. The van der Waals surface area contributed by atoms with Crippen molar-refractivity contribution in [3.05, 3.63) is 77.9 Å². The molecule has 1 unspecified atom stereocenters. The van der Waals surface area contributed by atoms with E-state index in [0.29, 0.717) is 18.6 Å². The Balaban J connectivity index is 0.000000261. The highest BCUT2D eigenvalue weighted by Gasteiger charge is 2.30. The van der Waals surface area contributed by atoms with Gasteiger partial charge in [-0.05, 0) is 50.0 Å². The molecule has 0 radical (unpaired) electrons. The lowest BCUT2D eigenvalue weighted by Gasteiger charge is -2.18. The lowest BCUT2D eigenvalue weighted by molar-refractivity contribution is -0.404. The Morgan fingerprint density at radius 3 is 2.14 bits per heavy atom. The fourth-order valence-electron chi connectivity index (χ4n) is 3.95. The number of carbonyl (C=O) groups excluding carboxylic acids is 1. The standard InChI is InChI=1S/C17H26N2O.C6H3N3O7/c1-3-19(4-2)13-7-10-17(20)18-16-12-11-14-8-5-6-9-15(14)16;10-6-4(8(13)14)1-3(7(11)12)2-5(6)9(15)16/h5-6,8-9,16H,3-4,7,10-13H2,1-2H3,(H,18,20);1-2,10H. The highest BCUT2D eigenvalue weighted by atomic mass is 16.6. The Morgan fingerprint density at radius 1 is 1.03 bits per heavy atom. The minimum Gasteiger partial charge on any atom is -0.497 e. The third kappa shape index (κ3) is 7.43. The summed E-state index contributed by atoms with van der Waals surface area (Å²) in [6.45, 7) is 7.47. The summed E-state index contributed by atoms with van der Waals surface area (Å²) >= 11 is 0. The molecule has 0 saturated heterocycles. The summed E-state index contributed by atoms with van der Waals surface area (Å²) in [4.78, 5) is 42.2. The van der Waals surface area contributed by atoms with Gasteiger partial charge >= 0.3 is 11.4 Å². The summed E-state index contributed by atoms with van der Waals surface area (Å²) in [5.41, 5.74) is -0.302. The van der Waals surface area contributed by atoms with Gasteiger partial charge in [0.25, 0.3) is 11.4 Å². The quantitative estimate of drug-likeness (QED) is 0.357. The molecule has 0 spiro atoms. The number of aromatic hydroxyl groups is 1. The molecule has 2 N–H and O–H groups in total. The Morgan fingerprint density at radius 2 is 1.61 bits per heavy atom. The zero-order valence-corrected chi connectivity index (χ0v) is 20.1. The molecule has 1 aliphatic rings. The molecule has 194 valence electrons. The molecular weight excluding hydrogens is 474 g/mol. The molecular formula is C23H29N5O8. The maximum absolute atomic E-state index is 12.0. The predicted molar refractivity (Wildman–Crippen MR) is 131 cm³/mol. The molecule has 2 aromatic rings. The van der Waals surface area contributed by atoms with Crippen molar-refractivity contribution in [3.8, 4) is 5.75 Å². The van der Waals surface area contributed by atoms with Crippen molar-refractivity contribution in [1.82, 2.24) is 10.2 Å². The highest BCUT2D eigenvalue weighted by molar-refractivity contribution is 5.76. The monoisotopic (exact) mass is 503 g/mol. The van der Waals surface area contributed by atoms with Gasteiger partial charge in [-0.25, -0.2) is 0 Å². The van der Waals surface area contributed by atoms with E-state index in [1.807, 2.05) is 0 Å². The fraction of sp³-hybridized carbons (Fsp3) is 0.435. The summed E-state index contributed by atoms with van der Waals surface area (Å²) in [7, 11) is 0. The number of phenols is 1. The van der Waals surface area contributed by atoms with Gasteiger partial charge in [0.1, 0.15) is 0 Å². The third-order valence-electron chi connectivity index (χ3n) is 5.90. The van der Waals surface area contributed by atoms with Gasteiger partial charge in [0, 0.05) is 6.42 Å². The molecule has 1 amide bonds. The minimum absolute atomic E-state index is 0.193. The van der Waals surface area contributed by atoms with Crippen LogP contribution >= 0.6 is 0 Å². The average molecular weight is 504 g/mol. The number of rotatable bonds is 10. The molecule has 0 bridgehead atoms. The van der Waals surface area contributed by atoms with Crippen LogP contribution in [0.5, 0.6) is 5.75 Å². The summed E-state index contributed by atoms with van der Waals surface area (Å²) in [5.74, 6) is -1.01. The lowest BCUT2D eigenvalue weighted by atomic mass is 10.1. The number of nitrogens with zero attached hydrogens (tertiary/aromatic N) is 4. The van der Waals surface area contributed by atoms with Crippen LogP contribution in [0.2, 0.25) is 0 Å². The van der Waals surface area contributed by atoms with Crippen LogP contribution in [0.25, 0.3) is 0 Å². The molecule has 0 heterocycles. The van der Waals surface area contributed by atoms with Crippen LogP contribution in [0, 0.1) is 30.3 Å². The number of amides is 1. The van der Waals surface area contributed by atoms with Crippen molar-refractivity contribution >= 4 is 23.0 Å². The van der Waals surface area contributed by atoms with Crippen molar-refractivity contribution in [1.29, 1.82) is 0 Å². The van der Waals surface area contributed by atoms with Crippen molar-refractivity contribution in [3.63, 3.8) is 0 Å². The van der Waals surface area contributed by atoms with Gasteiger partial charge in [-0.1, -0.05) is 38.1 Å². The topological polar surface area (TPSA) is 182 Å². The fourth-order valence-corrected chi connectivity index (χ4v) is 3.95. The third-order valence-corrected chi connectivity index (χ3v) is 5.90. The van der Waals surface area contributed by atoms with E-state index in [9.17, 15) is 35.1 Å². The van der Waals surface area contributed by atoms with Crippen LogP contribution in [0.1, 0.15) is 50.3 Å². The number of nitrogens with one attached hydrogen (secondary N) is 1. The Kier molecular flexibility index (Phi) is 10.2. The van der Waals surface area contributed by atoms with Crippen LogP contribution in [-0.2, 0) is 11.2 Å². The molecule has 0 saturated carbocycles. The van der Waals surface area contributed by atoms with E-state index in [1.165, 1.54) is 11.1 Å². The van der Waals surface area contributed by atoms with Gasteiger partial charge in [-0.15, -0.1) is 0 Å². The minimum atomic E-state index is -1.21. The van der Waals surface area contributed by atoms with Gasteiger partial charge in [0.15, 0.2) is 0 Å². The van der Waals surface area contributed by atoms with Crippen LogP contribution in [0.3, 0.4) is 0 Å². The smallest absolute Gasteiger partial charge is 0.324 e. The van der Waals surface area contributed by atoms with E-state index in [1.54, 1.807) is 0 Å². The number of nitro groups is 3. The maximum atomic E-state index is 12.0. The van der Waals surface area contributed by atoms with Gasteiger partial charge in [0.05, 0.1) is 32.9 Å². The largest absolute Gasteiger partial charge is 0.497 e. The SMILES string of the molecule is CCN(CC)CCCC(=O)NC1CCc2ccccc21.O=[N+]([O-])c1cc([N+](=O)[O-])c(O)c([N+](=O)[O-])c1. The molecule has 13 heteroatoms. The number of fused-ring (bicyclic) bond motifs is 1. The summed E-state index contributed by atoms with van der Waals surface area (Å²) in [6.07, 6.45) is 3.71. The maximum Gasteiger partial charge on any atom is 0.324 e. The molecule has 13 nitrogen and oxygen atoms in total. The first-order valence-electron chi connectivity index (χ1n) is 11.5. The lowest BCUT2D eigenvalue weighted by Crippen LogP contribution is -2.29. The number of aryl methyl sites for hydroxylation is 1. The number of phenolic OH excluding ortho intramolecular Hbond substituents is 1. The summed E-state index contributed by atoms with van der Waals surface area (Å²) in [5, 5.41) is 43.4. The van der Waals surface area contributed by atoms with Crippen LogP contribution < -0.4 is 5.32 Å². The molecule has 1 aliphatic carbocycles. The van der Waals surface area contributed by atoms with Gasteiger partial charge in [-0.3, -0.25) is 35.1 Å². The zero-order chi connectivity index (χ0) is 26.8. The molecule has 1 atom stereocenters. The number of non-ortho nitro benzene ring substituents is 1. The highest BCUT2D eigenvalue weighted by Crippen LogP contribution is 2.39. The van der Waals surface area contributed by atoms with E-state index >= 15 is 0 Å². The van der Waals surface area contributed by atoms with E-state index in [-0.39, 0.29) is 11.9 Å². The molecule has 0 aromatic heterocycles. The molecule has 0 fully saturated rings. The number of nitro benzene ring substituents is 3. The Hall–Kier alpha value is -4.13. The van der Waals surface area contributed by atoms with Crippen molar-refractivity contribution < 1.29 is 24.7 Å². The number of carbonyl (C=O) groups is 1. The van der Waals surface area contributed by atoms with Gasteiger partial charge in [-0.2, -0.15) is 0 Å². The van der Waals surface area contributed by atoms with Crippen molar-refractivity contribution in [2.75, 3.05) is 19.6 Å². The Bertz CT molecular complexity index is 1080. The van der Waals surface area contributed by atoms with E-state index in [0.717, 1.165) is 38.9 Å². The van der Waals surface area contributed by atoms with Gasteiger partial charge < -0.3 is 15.3 Å². The normalized spacial score (nSPS) is 13.9. The van der Waals surface area contributed by atoms with Crippen LogP contribution in [0.4, 0.5) is 17.1 Å². The summed E-state index contributed by atoms with van der Waals surface area (Å²) < 4.78 is 0. The second-order valence-corrected chi connectivity index (χ2v) is 8.09. The molecule has 0 aliphatic heterocycles. The molecule has 36 heavy (non-hydrogen) atoms. The Labute approximate surface area is 207 Å². The van der Waals surface area contributed by atoms with Gasteiger partial charge in [0.2, 0.25) is 5.91 Å². The van der Waals surface area contributed by atoms with Crippen LogP contribution in [0.15, 0.2) is 36.4 Å². The second kappa shape index (κ2) is 13.1. The summed E-state index contributed by atoms with van der Waals surface area (Å²) in [6, 6.07) is 9.57. The van der Waals surface area contributed by atoms with Crippen molar-refractivity contribution in [2.24, 2.45) is 0 Å². The average Bonchev–Trinajstić information content (AvgIpc) is 3.24. The molecule has 2 aromatic carbocycles.